The van der Waals surface area contributed by atoms with Gasteiger partial charge in [0.2, 0.25) is 11.8 Å². The number of nitrogens with one attached hydrogen (secondary N) is 2. The van der Waals surface area contributed by atoms with Crippen LogP contribution in [0.25, 0.3) is 33.4 Å². The zero-order valence-corrected chi connectivity index (χ0v) is 31.7. The Morgan fingerprint density at radius 1 is 0.873 bits per heavy atom. The lowest BCUT2D eigenvalue weighted by Crippen LogP contribution is -2.29. The van der Waals surface area contributed by atoms with Crippen molar-refractivity contribution in [2.24, 2.45) is 4.99 Å². The Labute approximate surface area is 324 Å². The van der Waals surface area contributed by atoms with Crippen molar-refractivity contribution < 1.29 is 14.7 Å². The van der Waals surface area contributed by atoms with Crippen molar-refractivity contribution in [1.29, 1.82) is 5.41 Å². The van der Waals surface area contributed by atoms with E-state index in [0.717, 1.165) is 109 Å². The van der Waals surface area contributed by atoms with Crippen molar-refractivity contribution in [3.8, 4) is 34.2 Å². The molecule has 5 aromatic rings. The SMILES string of the molecule is C=NC(=O)CCCCCCNC(=O)CCCCC#Cc1cccc(Cn2c(-c3ccccc3)c(-c3ccccc3)c3c(=N)n(C4CCC(O)CC4)cnc32)c1. The van der Waals surface area contributed by atoms with E-state index in [2.05, 4.69) is 82.0 Å². The Balaban J connectivity index is 1.16. The zero-order chi connectivity index (χ0) is 38.4. The molecule has 1 aliphatic rings. The summed E-state index contributed by atoms with van der Waals surface area (Å²) in [5.74, 6) is 6.57. The van der Waals surface area contributed by atoms with E-state index in [4.69, 9.17) is 4.98 Å². The van der Waals surface area contributed by atoms with Crippen LogP contribution in [0.4, 0.5) is 0 Å². The van der Waals surface area contributed by atoms with Gasteiger partial charge in [-0.3, -0.25) is 15.0 Å². The van der Waals surface area contributed by atoms with Gasteiger partial charge in [0.15, 0.2) is 0 Å². The number of fused-ring (bicyclic) bond motifs is 1. The summed E-state index contributed by atoms with van der Waals surface area (Å²) in [6.07, 6.45) is 11.6. The van der Waals surface area contributed by atoms with Crippen LogP contribution in [0.3, 0.4) is 0 Å². The van der Waals surface area contributed by atoms with Crippen LogP contribution in [-0.2, 0) is 16.1 Å². The molecule has 3 N–H and O–H groups in total. The topological polar surface area (TPSA) is 125 Å². The van der Waals surface area contributed by atoms with Crippen LogP contribution in [0.15, 0.2) is 96.2 Å². The molecule has 1 aliphatic carbocycles. The van der Waals surface area contributed by atoms with Gasteiger partial charge in [-0.05, 0) is 86.9 Å². The highest BCUT2D eigenvalue weighted by Gasteiger charge is 2.26. The maximum Gasteiger partial charge on any atom is 0.245 e. The van der Waals surface area contributed by atoms with Crippen LogP contribution in [-0.4, -0.2) is 50.4 Å². The molecule has 6 rings (SSSR count). The minimum Gasteiger partial charge on any atom is -0.393 e. The third kappa shape index (κ3) is 10.3. The average molecular weight is 737 g/mol. The number of aliphatic hydroxyl groups excluding tert-OH is 1. The smallest absolute Gasteiger partial charge is 0.245 e. The van der Waals surface area contributed by atoms with Crippen molar-refractivity contribution in [1.82, 2.24) is 19.4 Å². The highest BCUT2D eigenvalue weighted by atomic mass is 16.3. The average Bonchev–Trinajstić information content (AvgIpc) is 3.54. The third-order valence-electron chi connectivity index (χ3n) is 10.5. The highest BCUT2D eigenvalue weighted by molar-refractivity contribution is 6.02. The molecular weight excluding hydrogens is 685 g/mol. The first-order chi connectivity index (χ1) is 26.9. The minimum absolute atomic E-state index is 0.0743. The number of aliphatic hydroxyl groups is 1. The Hall–Kier alpha value is -5.59. The molecule has 284 valence electrons. The fourth-order valence-electron chi connectivity index (χ4n) is 7.56. The molecule has 0 radical (unpaired) electrons. The number of hydrogen-bond acceptors (Lipinski definition) is 5. The molecule has 2 amide bonds. The molecule has 9 nitrogen and oxygen atoms in total. The van der Waals surface area contributed by atoms with Gasteiger partial charge in [-0.15, -0.1) is 0 Å². The predicted octanol–water partition coefficient (Wildman–Crippen LogP) is 8.38. The van der Waals surface area contributed by atoms with Crippen LogP contribution in [0, 0.1) is 17.3 Å². The molecule has 1 saturated carbocycles. The lowest BCUT2D eigenvalue weighted by molar-refractivity contribution is -0.121. The first-order valence-corrected chi connectivity index (χ1v) is 19.7. The molecule has 3 aromatic carbocycles. The van der Waals surface area contributed by atoms with Gasteiger partial charge >= 0.3 is 0 Å². The van der Waals surface area contributed by atoms with E-state index in [9.17, 15) is 20.1 Å². The summed E-state index contributed by atoms with van der Waals surface area (Å²) >= 11 is 0. The fourth-order valence-corrected chi connectivity index (χ4v) is 7.56. The number of aromatic nitrogens is 3. The zero-order valence-electron chi connectivity index (χ0n) is 31.7. The maximum absolute atomic E-state index is 12.3. The van der Waals surface area contributed by atoms with Crippen molar-refractivity contribution in [2.75, 3.05) is 6.54 Å². The number of carbonyl (C=O) groups is 2. The van der Waals surface area contributed by atoms with Crippen LogP contribution < -0.4 is 10.8 Å². The largest absolute Gasteiger partial charge is 0.393 e. The molecule has 9 heteroatoms. The molecule has 0 aliphatic heterocycles. The molecule has 0 atom stereocenters. The molecule has 0 bridgehead atoms. The molecule has 2 aromatic heterocycles. The first-order valence-electron chi connectivity index (χ1n) is 19.7. The Kier molecular flexibility index (Phi) is 14.0. The number of rotatable bonds is 16. The van der Waals surface area contributed by atoms with Crippen molar-refractivity contribution in [3.05, 3.63) is 108 Å². The fraction of sp³-hybridized carbons (Fsp3) is 0.370. The molecule has 1 fully saturated rings. The first kappa shape index (κ1) is 39.1. The van der Waals surface area contributed by atoms with E-state index in [1.165, 1.54) is 0 Å². The number of carbonyl (C=O) groups excluding carboxylic acids is 2. The van der Waals surface area contributed by atoms with Gasteiger partial charge in [-0.1, -0.05) is 97.5 Å². The molecule has 0 spiro atoms. The molecular formula is C46H52N6O3. The Bertz CT molecular complexity index is 2190. The van der Waals surface area contributed by atoms with Crippen LogP contribution in [0.2, 0.25) is 0 Å². The van der Waals surface area contributed by atoms with Gasteiger partial charge in [-0.25, -0.2) is 9.98 Å². The molecule has 55 heavy (non-hydrogen) atoms. The monoisotopic (exact) mass is 736 g/mol. The summed E-state index contributed by atoms with van der Waals surface area (Å²) in [7, 11) is 0. The van der Waals surface area contributed by atoms with Crippen molar-refractivity contribution >= 4 is 29.6 Å². The number of benzene rings is 3. The van der Waals surface area contributed by atoms with Gasteiger partial charge < -0.3 is 19.6 Å². The second-order valence-corrected chi connectivity index (χ2v) is 14.5. The van der Waals surface area contributed by atoms with Gasteiger partial charge in [-0.2, -0.15) is 0 Å². The molecule has 2 heterocycles. The van der Waals surface area contributed by atoms with Gasteiger partial charge in [0, 0.05) is 49.5 Å². The summed E-state index contributed by atoms with van der Waals surface area (Å²) in [5, 5.41) is 23.6. The number of unbranched alkanes of at least 4 members (excludes halogenated alkanes) is 5. The Morgan fingerprint density at radius 2 is 1.58 bits per heavy atom. The number of nitrogens with zero attached hydrogens (tertiary/aromatic N) is 4. The second kappa shape index (κ2) is 19.7. The van der Waals surface area contributed by atoms with Crippen molar-refractivity contribution in [2.45, 2.75) is 102 Å². The number of hydrogen-bond donors (Lipinski definition) is 3. The summed E-state index contributed by atoms with van der Waals surface area (Å²) in [5.41, 5.74) is 7.36. The van der Waals surface area contributed by atoms with E-state index < -0.39 is 0 Å². The van der Waals surface area contributed by atoms with Gasteiger partial charge in [0.1, 0.15) is 11.1 Å². The molecule has 0 unspecified atom stereocenters. The second-order valence-electron chi connectivity index (χ2n) is 14.5. The summed E-state index contributed by atoms with van der Waals surface area (Å²) < 4.78 is 4.27. The van der Waals surface area contributed by atoms with E-state index in [0.29, 0.717) is 37.8 Å². The van der Waals surface area contributed by atoms with Crippen LogP contribution in [0.1, 0.15) is 101 Å². The molecule has 0 saturated heterocycles. The summed E-state index contributed by atoms with van der Waals surface area (Å²) in [6, 6.07) is 29.2. The van der Waals surface area contributed by atoms with Crippen LogP contribution in [0.5, 0.6) is 0 Å². The lowest BCUT2D eigenvalue weighted by Gasteiger charge is -2.27. The van der Waals surface area contributed by atoms with Crippen molar-refractivity contribution in [3.63, 3.8) is 0 Å². The van der Waals surface area contributed by atoms with Crippen LogP contribution >= 0.6 is 0 Å². The summed E-state index contributed by atoms with van der Waals surface area (Å²) in [6.45, 7) is 4.47. The lowest BCUT2D eigenvalue weighted by atomic mass is 9.93. The van der Waals surface area contributed by atoms with E-state index in [-0.39, 0.29) is 24.0 Å². The minimum atomic E-state index is -0.273. The normalized spacial score (nSPS) is 15.3. The highest BCUT2D eigenvalue weighted by Crippen LogP contribution is 2.40. The number of aliphatic imine (C=N–C) groups is 1. The Morgan fingerprint density at radius 3 is 2.33 bits per heavy atom. The summed E-state index contributed by atoms with van der Waals surface area (Å²) in [4.78, 5) is 31.9. The number of amides is 2. The van der Waals surface area contributed by atoms with E-state index in [1.54, 1.807) is 0 Å². The van der Waals surface area contributed by atoms with Gasteiger partial charge in [0.25, 0.3) is 0 Å². The van der Waals surface area contributed by atoms with E-state index in [1.807, 2.05) is 47.3 Å². The quantitative estimate of drug-likeness (QED) is 0.0535. The third-order valence-corrected chi connectivity index (χ3v) is 10.5. The standard InChI is InChI=1S/C46H52N6O3/c1-48-40(54)24-13-4-5-15-30-49-41(55)25-14-3-2-8-17-34-18-16-19-35(31-34)32-51-44(37-22-11-7-12-23-37)42(36-20-9-6-10-21-36)43-45(47)52(33-50-46(43)51)38-26-28-39(53)29-27-38/h6-7,9-12,16,18-23,31,33,38-39,47,53H,1-5,13-15,24-30,32H2,(H,49,55). The van der Waals surface area contributed by atoms with Gasteiger partial charge in [0.05, 0.1) is 23.5 Å². The maximum atomic E-state index is 12.3. The van der Waals surface area contributed by atoms with E-state index >= 15 is 0 Å². The predicted molar refractivity (Wildman–Crippen MR) is 220 cm³/mol.